The van der Waals surface area contributed by atoms with Crippen molar-refractivity contribution in [3.05, 3.63) is 47.7 Å². The van der Waals surface area contributed by atoms with Crippen LogP contribution in [0.2, 0.25) is 0 Å². The van der Waals surface area contributed by atoms with E-state index in [2.05, 4.69) is 55.6 Å². The molecule has 98 valence electrons. The van der Waals surface area contributed by atoms with Crippen molar-refractivity contribution in [2.75, 3.05) is 6.54 Å². The van der Waals surface area contributed by atoms with E-state index in [0.29, 0.717) is 0 Å². The summed E-state index contributed by atoms with van der Waals surface area (Å²) in [6.45, 7) is 6.15. The van der Waals surface area contributed by atoms with E-state index in [9.17, 15) is 0 Å². The van der Waals surface area contributed by atoms with Gasteiger partial charge < -0.3 is 9.73 Å². The van der Waals surface area contributed by atoms with Gasteiger partial charge in [0.2, 0.25) is 0 Å². The van der Waals surface area contributed by atoms with Crippen LogP contribution in [0.3, 0.4) is 0 Å². The summed E-state index contributed by atoms with van der Waals surface area (Å²) >= 11 is 0. The number of hydrogen-bond acceptors (Lipinski definition) is 2. The molecule has 0 saturated carbocycles. The van der Waals surface area contributed by atoms with Gasteiger partial charge in [-0.15, -0.1) is 0 Å². The number of furan rings is 1. The molecule has 0 bridgehead atoms. The monoisotopic (exact) mass is 253 g/mol. The lowest BCUT2D eigenvalue weighted by molar-refractivity contribution is 0.512. The molecule has 0 fully saturated rings. The van der Waals surface area contributed by atoms with E-state index in [-0.39, 0.29) is 0 Å². The van der Waals surface area contributed by atoms with Crippen molar-refractivity contribution in [1.82, 2.24) is 5.32 Å². The van der Waals surface area contributed by atoms with Crippen molar-refractivity contribution in [3.63, 3.8) is 0 Å². The first-order valence-electron chi connectivity index (χ1n) is 6.91. The average Bonchev–Trinajstić information content (AvgIpc) is 2.77. The Labute approximate surface area is 113 Å². The zero-order valence-corrected chi connectivity index (χ0v) is 11.5. The first-order chi connectivity index (χ1) is 9.31. The van der Waals surface area contributed by atoms with Gasteiger partial charge in [0.1, 0.15) is 11.3 Å². The van der Waals surface area contributed by atoms with E-state index in [0.717, 1.165) is 30.9 Å². The van der Waals surface area contributed by atoms with Crippen molar-refractivity contribution in [2.45, 2.75) is 26.8 Å². The minimum atomic E-state index is 0.808. The topological polar surface area (TPSA) is 25.2 Å². The number of hydrogen-bond donors (Lipinski definition) is 1. The molecule has 3 aromatic rings. The Kier molecular flexibility index (Phi) is 3.26. The first-order valence-corrected chi connectivity index (χ1v) is 6.91. The molecule has 1 heterocycles. The largest absolute Gasteiger partial charge is 0.459 e. The standard InChI is InChI=1S/C17H19NO/c1-3-10-18-11-16-12(2)14-9-8-13-6-4-5-7-15(13)17(14)19-16/h4-9,18H,3,10-11H2,1-2H3. The summed E-state index contributed by atoms with van der Waals surface area (Å²) in [4.78, 5) is 0. The number of aryl methyl sites for hydroxylation is 1. The molecule has 0 aliphatic carbocycles. The van der Waals surface area contributed by atoms with Crippen molar-refractivity contribution < 1.29 is 4.42 Å². The zero-order valence-electron chi connectivity index (χ0n) is 11.5. The molecule has 3 rings (SSSR count). The third-order valence-corrected chi connectivity index (χ3v) is 3.64. The lowest BCUT2D eigenvalue weighted by Gasteiger charge is -2.00. The summed E-state index contributed by atoms with van der Waals surface area (Å²) in [6.07, 6.45) is 1.14. The minimum Gasteiger partial charge on any atom is -0.459 e. The molecule has 0 aliphatic rings. The Morgan fingerprint density at radius 3 is 2.74 bits per heavy atom. The van der Waals surface area contributed by atoms with E-state index < -0.39 is 0 Å². The average molecular weight is 253 g/mol. The Morgan fingerprint density at radius 1 is 1.05 bits per heavy atom. The van der Waals surface area contributed by atoms with Crippen LogP contribution in [0, 0.1) is 6.92 Å². The molecule has 0 saturated heterocycles. The highest BCUT2D eigenvalue weighted by Gasteiger charge is 2.12. The smallest absolute Gasteiger partial charge is 0.142 e. The van der Waals surface area contributed by atoms with Gasteiger partial charge in [-0.1, -0.05) is 43.3 Å². The predicted octanol–water partition coefficient (Wildman–Crippen LogP) is 4.39. The second-order valence-corrected chi connectivity index (χ2v) is 4.99. The lowest BCUT2D eigenvalue weighted by atomic mass is 10.1. The van der Waals surface area contributed by atoms with Gasteiger partial charge in [0.25, 0.3) is 0 Å². The van der Waals surface area contributed by atoms with Gasteiger partial charge >= 0.3 is 0 Å². The number of rotatable bonds is 4. The molecule has 0 unspecified atom stereocenters. The van der Waals surface area contributed by atoms with Crippen LogP contribution in [0.5, 0.6) is 0 Å². The molecule has 1 N–H and O–H groups in total. The Bertz CT molecular complexity index is 712. The maximum atomic E-state index is 6.10. The number of nitrogens with one attached hydrogen (secondary N) is 1. The van der Waals surface area contributed by atoms with E-state index in [4.69, 9.17) is 4.42 Å². The molecular weight excluding hydrogens is 234 g/mol. The van der Waals surface area contributed by atoms with Gasteiger partial charge in [0.05, 0.1) is 6.54 Å². The van der Waals surface area contributed by atoms with Crippen LogP contribution in [-0.2, 0) is 6.54 Å². The second-order valence-electron chi connectivity index (χ2n) is 4.99. The summed E-state index contributed by atoms with van der Waals surface area (Å²) in [5.41, 5.74) is 2.27. The molecule has 0 radical (unpaired) electrons. The fourth-order valence-electron chi connectivity index (χ4n) is 2.55. The maximum absolute atomic E-state index is 6.10. The van der Waals surface area contributed by atoms with Crippen LogP contribution < -0.4 is 5.32 Å². The van der Waals surface area contributed by atoms with E-state index in [1.807, 2.05) is 0 Å². The number of fused-ring (bicyclic) bond motifs is 3. The van der Waals surface area contributed by atoms with Gasteiger partial charge in [-0.3, -0.25) is 0 Å². The highest BCUT2D eigenvalue weighted by molar-refractivity contribution is 6.05. The molecule has 0 aliphatic heterocycles. The third-order valence-electron chi connectivity index (χ3n) is 3.64. The van der Waals surface area contributed by atoms with E-state index in [1.54, 1.807) is 0 Å². The highest BCUT2D eigenvalue weighted by Crippen LogP contribution is 2.31. The minimum absolute atomic E-state index is 0.808. The fraction of sp³-hybridized carbons (Fsp3) is 0.294. The zero-order chi connectivity index (χ0) is 13.2. The molecule has 1 aromatic heterocycles. The molecule has 2 nitrogen and oxygen atoms in total. The van der Waals surface area contributed by atoms with E-state index >= 15 is 0 Å². The molecule has 2 heteroatoms. The fourth-order valence-corrected chi connectivity index (χ4v) is 2.55. The van der Waals surface area contributed by atoms with E-state index in [1.165, 1.54) is 21.7 Å². The summed E-state index contributed by atoms with van der Waals surface area (Å²) in [5.74, 6) is 1.06. The van der Waals surface area contributed by atoms with Crippen LogP contribution >= 0.6 is 0 Å². The quantitative estimate of drug-likeness (QED) is 0.697. The van der Waals surface area contributed by atoms with Crippen molar-refractivity contribution in [1.29, 1.82) is 0 Å². The van der Waals surface area contributed by atoms with Gasteiger partial charge in [-0.05, 0) is 30.8 Å². The lowest BCUT2D eigenvalue weighted by Crippen LogP contribution is -2.13. The molecule has 2 aromatic carbocycles. The van der Waals surface area contributed by atoms with Crippen molar-refractivity contribution in [3.8, 4) is 0 Å². The van der Waals surface area contributed by atoms with Crippen molar-refractivity contribution >= 4 is 21.7 Å². The summed E-state index contributed by atoms with van der Waals surface area (Å²) in [5, 5.41) is 7.07. The normalized spacial score (nSPS) is 11.5. The van der Waals surface area contributed by atoms with Crippen LogP contribution in [0.4, 0.5) is 0 Å². The van der Waals surface area contributed by atoms with Gasteiger partial charge in [-0.25, -0.2) is 0 Å². The maximum Gasteiger partial charge on any atom is 0.142 e. The van der Waals surface area contributed by atoms with Crippen LogP contribution in [-0.4, -0.2) is 6.54 Å². The summed E-state index contributed by atoms with van der Waals surface area (Å²) < 4.78 is 6.10. The first kappa shape index (κ1) is 12.2. The SMILES string of the molecule is CCCNCc1oc2c(ccc3ccccc32)c1C. The van der Waals surface area contributed by atoms with Crippen LogP contribution in [0.25, 0.3) is 21.7 Å². The molecule has 0 amide bonds. The molecule has 0 spiro atoms. The summed E-state index contributed by atoms with van der Waals surface area (Å²) in [7, 11) is 0. The Hall–Kier alpha value is -1.80. The van der Waals surface area contributed by atoms with Crippen molar-refractivity contribution in [2.24, 2.45) is 0 Å². The van der Waals surface area contributed by atoms with Gasteiger partial charge in [-0.2, -0.15) is 0 Å². The molecule has 19 heavy (non-hydrogen) atoms. The Morgan fingerprint density at radius 2 is 1.89 bits per heavy atom. The van der Waals surface area contributed by atoms with Crippen LogP contribution in [0.1, 0.15) is 24.7 Å². The Balaban J connectivity index is 2.11. The molecule has 0 atom stereocenters. The predicted molar refractivity (Wildman–Crippen MR) is 80.5 cm³/mol. The molecular formula is C17H19NO. The van der Waals surface area contributed by atoms with Gasteiger partial charge in [0, 0.05) is 10.8 Å². The third kappa shape index (κ3) is 2.13. The highest BCUT2D eigenvalue weighted by atomic mass is 16.3. The van der Waals surface area contributed by atoms with Crippen LogP contribution in [0.15, 0.2) is 40.8 Å². The summed E-state index contributed by atoms with van der Waals surface area (Å²) in [6, 6.07) is 12.7. The number of benzene rings is 2. The second kappa shape index (κ2) is 5.06. The van der Waals surface area contributed by atoms with Gasteiger partial charge in [0.15, 0.2) is 0 Å².